The summed E-state index contributed by atoms with van der Waals surface area (Å²) in [6, 6.07) is 10.4. The van der Waals surface area contributed by atoms with Crippen molar-refractivity contribution in [1.82, 2.24) is 15.1 Å². The van der Waals surface area contributed by atoms with Crippen LogP contribution >= 0.6 is 0 Å². The first-order valence-corrected chi connectivity index (χ1v) is 8.92. The van der Waals surface area contributed by atoms with E-state index in [4.69, 9.17) is 4.74 Å². The van der Waals surface area contributed by atoms with Crippen molar-refractivity contribution in [2.24, 2.45) is 0 Å². The van der Waals surface area contributed by atoms with Crippen LogP contribution in [0.25, 0.3) is 0 Å². The fourth-order valence-electron chi connectivity index (χ4n) is 3.50. The summed E-state index contributed by atoms with van der Waals surface area (Å²) >= 11 is 0. The Kier molecular flexibility index (Phi) is 5.23. The molecule has 1 aromatic carbocycles. The summed E-state index contributed by atoms with van der Waals surface area (Å²) < 4.78 is 5.37. The number of benzene rings is 1. The maximum absolute atomic E-state index is 12.7. The lowest BCUT2D eigenvalue weighted by molar-refractivity contribution is -0.152. The summed E-state index contributed by atoms with van der Waals surface area (Å²) in [6.07, 6.45) is 4.85. The van der Waals surface area contributed by atoms with Crippen LogP contribution in [0.4, 0.5) is 0 Å². The Labute approximate surface area is 149 Å². The minimum Gasteiger partial charge on any atom is -0.369 e. The molecule has 1 aliphatic heterocycles. The van der Waals surface area contributed by atoms with E-state index in [1.807, 2.05) is 31.0 Å². The molecular formula is C20H27N3O2. The average molecular weight is 341 g/mol. The Morgan fingerprint density at radius 2 is 2.12 bits per heavy atom. The van der Waals surface area contributed by atoms with Gasteiger partial charge in [0.2, 0.25) is 0 Å². The second kappa shape index (κ2) is 7.40. The summed E-state index contributed by atoms with van der Waals surface area (Å²) in [5, 5.41) is 7.46. The van der Waals surface area contributed by atoms with Gasteiger partial charge in [0.15, 0.2) is 0 Å². The molecule has 1 unspecified atom stereocenters. The smallest absolute Gasteiger partial charge is 0.254 e. The van der Waals surface area contributed by atoms with Crippen molar-refractivity contribution in [3.05, 3.63) is 53.3 Å². The SMILES string of the molecule is COC(C)(C)C(=O)N1CCCC(c2[nH]ncc2Cc2ccccc2)C1. The largest absolute Gasteiger partial charge is 0.369 e. The van der Waals surface area contributed by atoms with Gasteiger partial charge < -0.3 is 9.64 Å². The van der Waals surface area contributed by atoms with E-state index in [2.05, 4.69) is 34.5 Å². The van der Waals surface area contributed by atoms with E-state index < -0.39 is 5.60 Å². The van der Waals surface area contributed by atoms with Gasteiger partial charge in [0.05, 0.1) is 6.20 Å². The van der Waals surface area contributed by atoms with Crippen LogP contribution in [0.1, 0.15) is 49.4 Å². The fourth-order valence-corrected chi connectivity index (χ4v) is 3.50. The highest BCUT2D eigenvalue weighted by Crippen LogP contribution is 2.30. The zero-order chi connectivity index (χ0) is 17.9. The molecule has 25 heavy (non-hydrogen) atoms. The molecule has 2 heterocycles. The summed E-state index contributed by atoms with van der Waals surface area (Å²) in [4.78, 5) is 14.7. The second-order valence-corrected chi connectivity index (χ2v) is 7.28. The number of hydrogen-bond donors (Lipinski definition) is 1. The highest BCUT2D eigenvalue weighted by atomic mass is 16.5. The van der Waals surface area contributed by atoms with Crippen LogP contribution < -0.4 is 0 Å². The molecule has 1 saturated heterocycles. The summed E-state index contributed by atoms with van der Waals surface area (Å²) in [6.45, 7) is 5.17. The third-order valence-corrected chi connectivity index (χ3v) is 5.13. The minimum atomic E-state index is -0.775. The molecule has 1 aromatic heterocycles. The Hall–Kier alpha value is -2.14. The number of hydrogen-bond acceptors (Lipinski definition) is 3. The van der Waals surface area contributed by atoms with Crippen LogP contribution in [-0.4, -0.2) is 46.8 Å². The quantitative estimate of drug-likeness (QED) is 0.909. The number of ether oxygens (including phenoxy) is 1. The first-order valence-electron chi connectivity index (χ1n) is 8.92. The Morgan fingerprint density at radius 1 is 1.36 bits per heavy atom. The third kappa shape index (κ3) is 3.93. The molecule has 1 amide bonds. The van der Waals surface area contributed by atoms with Gasteiger partial charge >= 0.3 is 0 Å². The predicted molar refractivity (Wildman–Crippen MR) is 97.5 cm³/mol. The third-order valence-electron chi connectivity index (χ3n) is 5.13. The molecule has 0 radical (unpaired) electrons. The van der Waals surface area contributed by atoms with E-state index in [0.717, 1.165) is 38.0 Å². The number of aromatic amines is 1. The number of H-pyrrole nitrogens is 1. The van der Waals surface area contributed by atoms with Gasteiger partial charge in [0.1, 0.15) is 5.60 Å². The highest BCUT2D eigenvalue weighted by Gasteiger charge is 2.35. The number of methoxy groups -OCH3 is 1. The van der Waals surface area contributed by atoms with Crippen molar-refractivity contribution >= 4 is 5.91 Å². The summed E-state index contributed by atoms with van der Waals surface area (Å²) in [5.74, 6) is 0.357. The molecule has 134 valence electrons. The van der Waals surface area contributed by atoms with Crippen LogP contribution in [0.15, 0.2) is 36.5 Å². The molecule has 5 nitrogen and oxygen atoms in total. The van der Waals surface area contributed by atoms with E-state index in [1.165, 1.54) is 11.1 Å². The highest BCUT2D eigenvalue weighted by molar-refractivity contribution is 5.84. The van der Waals surface area contributed by atoms with Crippen LogP contribution in [0.2, 0.25) is 0 Å². The maximum Gasteiger partial charge on any atom is 0.254 e. The van der Waals surface area contributed by atoms with Gasteiger partial charge in [-0.1, -0.05) is 30.3 Å². The number of amides is 1. The molecule has 0 spiro atoms. The maximum atomic E-state index is 12.7. The Morgan fingerprint density at radius 3 is 2.84 bits per heavy atom. The van der Waals surface area contributed by atoms with Gasteiger partial charge in [-0.25, -0.2) is 0 Å². The molecule has 5 heteroatoms. The van der Waals surface area contributed by atoms with E-state index >= 15 is 0 Å². The molecule has 2 aromatic rings. The number of carbonyl (C=O) groups excluding carboxylic acids is 1. The van der Waals surface area contributed by atoms with Crippen molar-refractivity contribution in [3.63, 3.8) is 0 Å². The van der Waals surface area contributed by atoms with Crippen LogP contribution in [0, 0.1) is 0 Å². The molecular weight excluding hydrogens is 314 g/mol. The number of aromatic nitrogens is 2. The number of rotatable bonds is 5. The Bertz CT molecular complexity index is 709. The molecule has 3 rings (SSSR count). The van der Waals surface area contributed by atoms with Crippen molar-refractivity contribution in [2.45, 2.75) is 44.6 Å². The van der Waals surface area contributed by atoms with Crippen LogP contribution in [0.3, 0.4) is 0 Å². The van der Waals surface area contributed by atoms with E-state index in [9.17, 15) is 4.79 Å². The van der Waals surface area contributed by atoms with Gasteiger partial charge in [0, 0.05) is 38.2 Å². The van der Waals surface area contributed by atoms with Gasteiger partial charge in [0.25, 0.3) is 5.91 Å². The van der Waals surface area contributed by atoms with Crippen molar-refractivity contribution < 1.29 is 9.53 Å². The normalized spacial score (nSPS) is 18.4. The monoisotopic (exact) mass is 341 g/mol. The first kappa shape index (κ1) is 17.7. The molecule has 1 fully saturated rings. The van der Waals surface area contributed by atoms with Gasteiger partial charge in [-0.3, -0.25) is 9.89 Å². The number of piperidine rings is 1. The first-order chi connectivity index (χ1) is 12.0. The topological polar surface area (TPSA) is 58.2 Å². The van der Waals surface area contributed by atoms with Crippen molar-refractivity contribution in [2.75, 3.05) is 20.2 Å². The van der Waals surface area contributed by atoms with Gasteiger partial charge in [-0.05, 0) is 37.8 Å². The van der Waals surface area contributed by atoms with Crippen molar-refractivity contribution in [3.8, 4) is 0 Å². The van der Waals surface area contributed by atoms with E-state index in [1.54, 1.807) is 7.11 Å². The number of likely N-dealkylation sites (tertiary alicyclic amines) is 1. The summed E-state index contributed by atoms with van der Waals surface area (Å²) in [5.41, 5.74) is 2.88. The Balaban J connectivity index is 1.74. The molecule has 1 aliphatic rings. The lowest BCUT2D eigenvalue weighted by atomic mass is 9.90. The molecule has 0 saturated carbocycles. The van der Waals surface area contributed by atoms with Crippen LogP contribution in [-0.2, 0) is 16.0 Å². The minimum absolute atomic E-state index is 0.0591. The van der Waals surface area contributed by atoms with E-state index in [0.29, 0.717) is 5.92 Å². The predicted octanol–water partition coefficient (Wildman–Crippen LogP) is 3.13. The van der Waals surface area contributed by atoms with Crippen molar-refractivity contribution in [1.29, 1.82) is 0 Å². The summed E-state index contributed by atoms with van der Waals surface area (Å²) in [7, 11) is 1.59. The molecule has 1 atom stereocenters. The standard InChI is InChI=1S/C20H27N3O2/c1-20(2,25-3)19(24)23-11-7-10-16(14-23)18-17(13-21-22-18)12-15-8-5-4-6-9-15/h4-6,8-9,13,16H,7,10-12,14H2,1-3H3,(H,21,22). The molecule has 0 aliphatic carbocycles. The van der Waals surface area contributed by atoms with Gasteiger partial charge in [-0.2, -0.15) is 5.10 Å². The zero-order valence-electron chi connectivity index (χ0n) is 15.3. The van der Waals surface area contributed by atoms with Crippen LogP contribution in [0.5, 0.6) is 0 Å². The lowest BCUT2D eigenvalue weighted by Crippen LogP contribution is -2.49. The zero-order valence-corrected chi connectivity index (χ0v) is 15.3. The van der Waals surface area contributed by atoms with E-state index in [-0.39, 0.29) is 5.91 Å². The average Bonchev–Trinajstić information content (AvgIpc) is 3.10. The molecule has 1 N–H and O–H groups in total. The lowest BCUT2D eigenvalue weighted by Gasteiger charge is -2.37. The fraction of sp³-hybridized carbons (Fsp3) is 0.500. The van der Waals surface area contributed by atoms with Gasteiger partial charge in [-0.15, -0.1) is 0 Å². The number of carbonyl (C=O) groups is 1. The second-order valence-electron chi connectivity index (χ2n) is 7.28. The number of nitrogens with zero attached hydrogens (tertiary/aromatic N) is 2. The number of nitrogens with one attached hydrogen (secondary N) is 1. The molecule has 0 bridgehead atoms.